The smallest absolute Gasteiger partial charge is 0.251 e. The fraction of sp³-hybridized carbons (Fsp3) is 0.133. The fourth-order valence-corrected chi connectivity index (χ4v) is 3.03. The standard InChI is InChI=1S/C15H14F2N2O3S/c16-12-7-4-8-13(17)14(12)23(21,22)19-10-9-18-15(20)11-5-2-1-3-6-11/h1-8,19H,9-10H2,(H,18,20). The van der Waals surface area contributed by atoms with Crippen molar-refractivity contribution < 1.29 is 22.0 Å². The van der Waals surface area contributed by atoms with Crippen molar-refractivity contribution in [3.8, 4) is 0 Å². The van der Waals surface area contributed by atoms with E-state index in [9.17, 15) is 22.0 Å². The molecular weight excluding hydrogens is 326 g/mol. The summed E-state index contributed by atoms with van der Waals surface area (Å²) in [5.74, 6) is -2.72. The van der Waals surface area contributed by atoms with Gasteiger partial charge in [0, 0.05) is 18.7 Å². The molecule has 0 aliphatic heterocycles. The molecule has 0 fully saturated rings. The van der Waals surface area contributed by atoms with Gasteiger partial charge in [0.15, 0.2) is 4.90 Å². The van der Waals surface area contributed by atoms with Crippen molar-refractivity contribution in [3.63, 3.8) is 0 Å². The Morgan fingerprint density at radius 3 is 2.13 bits per heavy atom. The first-order chi connectivity index (χ1) is 10.9. The van der Waals surface area contributed by atoms with Crippen molar-refractivity contribution in [2.45, 2.75) is 4.90 Å². The van der Waals surface area contributed by atoms with Crippen LogP contribution in [0.3, 0.4) is 0 Å². The first-order valence-electron chi connectivity index (χ1n) is 6.69. The molecule has 8 heteroatoms. The van der Waals surface area contributed by atoms with Crippen LogP contribution in [-0.2, 0) is 10.0 Å². The molecule has 2 aromatic rings. The molecule has 0 bridgehead atoms. The van der Waals surface area contributed by atoms with Crippen LogP contribution in [0.5, 0.6) is 0 Å². The van der Waals surface area contributed by atoms with Crippen LogP contribution in [0.15, 0.2) is 53.4 Å². The summed E-state index contributed by atoms with van der Waals surface area (Å²) >= 11 is 0. The maximum Gasteiger partial charge on any atom is 0.251 e. The third-order valence-electron chi connectivity index (χ3n) is 2.93. The number of amides is 1. The molecular formula is C15H14F2N2O3S. The van der Waals surface area contributed by atoms with Gasteiger partial charge in [-0.15, -0.1) is 0 Å². The van der Waals surface area contributed by atoms with Gasteiger partial charge in [-0.2, -0.15) is 0 Å². The van der Waals surface area contributed by atoms with Gasteiger partial charge in [0.25, 0.3) is 5.91 Å². The minimum atomic E-state index is -4.34. The summed E-state index contributed by atoms with van der Waals surface area (Å²) in [6.07, 6.45) is 0. The molecule has 2 N–H and O–H groups in total. The van der Waals surface area contributed by atoms with E-state index >= 15 is 0 Å². The zero-order chi connectivity index (χ0) is 16.9. The molecule has 0 aromatic heterocycles. The lowest BCUT2D eigenvalue weighted by Crippen LogP contribution is -2.35. The number of hydrogen-bond donors (Lipinski definition) is 2. The fourth-order valence-electron chi connectivity index (χ4n) is 1.86. The molecule has 0 saturated carbocycles. The van der Waals surface area contributed by atoms with Crippen LogP contribution in [0.4, 0.5) is 8.78 Å². The lowest BCUT2D eigenvalue weighted by atomic mass is 10.2. The molecule has 5 nitrogen and oxygen atoms in total. The maximum absolute atomic E-state index is 13.5. The summed E-state index contributed by atoms with van der Waals surface area (Å²) in [5.41, 5.74) is 0.426. The number of hydrogen-bond acceptors (Lipinski definition) is 3. The van der Waals surface area contributed by atoms with Crippen LogP contribution < -0.4 is 10.0 Å². The van der Waals surface area contributed by atoms with E-state index in [0.717, 1.165) is 18.2 Å². The summed E-state index contributed by atoms with van der Waals surface area (Å²) in [5, 5.41) is 2.50. The van der Waals surface area contributed by atoms with E-state index in [0.29, 0.717) is 5.56 Å². The van der Waals surface area contributed by atoms with Gasteiger partial charge in [0.05, 0.1) is 0 Å². The molecule has 0 spiro atoms. The molecule has 2 rings (SSSR count). The SMILES string of the molecule is O=C(NCCNS(=O)(=O)c1c(F)cccc1F)c1ccccc1. The van der Waals surface area contributed by atoms with Gasteiger partial charge in [-0.25, -0.2) is 21.9 Å². The third kappa shape index (κ3) is 4.33. The van der Waals surface area contributed by atoms with Crippen molar-refractivity contribution in [2.24, 2.45) is 0 Å². The number of benzene rings is 2. The van der Waals surface area contributed by atoms with Crippen molar-refractivity contribution in [1.29, 1.82) is 0 Å². The summed E-state index contributed by atoms with van der Waals surface area (Å²) in [6.45, 7) is -0.224. The molecule has 0 atom stereocenters. The average Bonchev–Trinajstić information content (AvgIpc) is 2.52. The lowest BCUT2D eigenvalue weighted by molar-refractivity contribution is 0.0954. The van der Waals surface area contributed by atoms with Crippen molar-refractivity contribution >= 4 is 15.9 Å². The van der Waals surface area contributed by atoms with Gasteiger partial charge < -0.3 is 5.32 Å². The van der Waals surface area contributed by atoms with Crippen LogP contribution in [0.25, 0.3) is 0 Å². The first kappa shape index (κ1) is 17.0. The van der Waals surface area contributed by atoms with E-state index in [1.807, 2.05) is 4.72 Å². The first-order valence-corrected chi connectivity index (χ1v) is 8.17. The van der Waals surface area contributed by atoms with E-state index in [-0.39, 0.29) is 19.0 Å². The van der Waals surface area contributed by atoms with Crippen molar-refractivity contribution in [3.05, 3.63) is 65.7 Å². The van der Waals surface area contributed by atoms with Gasteiger partial charge in [-0.1, -0.05) is 24.3 Å². The minimum absolute atomic E-state index is 0.0248. The second-order valence-corrected chi connectivity index (χ2v) is 6.27. The van der Waals surface area contributed by atoms with Crippen molar-refractivity contribution in [1.82, 2.24) is 10.0 Å². The highest BCUT2D eigenvalue weighted by atomic mass is 32.2. The monoisotopic (exact) mass is 340 g/mol. The van der Waals surface area contributed by atoms with E-state index in [1.54, 1.807) is 30.3 Å². The Balaban J connectivity index is 1.92. The molecule has 0 heterocycles. The summed E-state index contributed by atoms with van der Waals surface area (Å²) < 4.78 is 52.8. The zero-order valence-corrected chi connectivity index (χ0v) is 12.7. The van der Waals surface area contributed by atoms with E-state index in [2.05, 4.69) is 5.32 Å². The highest BCUT2D eigenvalue weighted by molar-refractivity contribution is 7.89. The Bertz CT molecular complexity index is 775. The summed E-state index contributed by atoms with van der Waals surface area (Å²) in [7, 11) is -4.34. The molecule has 0 saturated heterocycles. The van der Waals surface area contributed by atoms with Crippen LogP contribution in [0.2, 0.25) is 0 Å². The highest BCUT2D eigenvalue weighted by Gasteiger charge is 2.23. The number of sulfonamides is 1. The number of nitrogens with one attached hydrogen (secondary N) is 2. The minimum Gasteiger partial charge on any atom is -0.351 e. The largest absolute Gasteiger partial charge is 0.351 e. The van der Waals surface area contributed by atoms with Crippen molar-refractivity contribution in [2.75, 3.05) is 13.1 Å². The van der Waals surface area contributed by atoms with Gasteiger partial charge in [-0.05, 0) is 24.3 Å². The van der Waals surface area contributed by atoms with E-state index in [4.69, 9.17) is 0 Å². The topological polar surface area (TPSA) is 75.3 Å². The lowest BCUT2D eigenvalue weighted by Gasteiger charge is -2.09. The van der Waals surface area contributed by atoms with Crippen LogP contribution >= 0.6 is 0 Å². The average molecular weight is 340 g/mol. The Labute approximate surface area is 132 Å². The molecule has 2 aromatic carbocycles. The molecule has 23 heavy (non-hydrogen) atoms. The normalized spacial score (nSPS) is 11.2. The molecule has 0 unspecified atom stereocenters. The van der Waals surface area contributed by atoms with Gasteiger partial charge in [-0.3, -0.25) is 4.79 Å². The van der Waals surface area contributed by atoms with Gasteiger partial charge >= 0.3 is 0 Å². The van der Waals surface area contributed by atoms with Crippen LogP contribution in [-0.4, -0.2) is 27.4 Å². The maximum atomic E-state index is 13.5. The number of carbonyl (C=O) groups excluding carboxylic acids is 1. The summed E-state index contributed by atoms with van der Waals surface area (Å²) in [4.78, 5) is 10.7. The van der Waals surface area contributed by atoms with E-state index in [1.165, 1.54) is 0 Å². The predicted molar refractivity (Wildman–Crippen MR) is 80.3 cm³/mol. The Hall–Kier alpha value is -2.32. The molecule has 122 valence electrons. The zero-order valence-electron chi connectivity index (χ0n) is 11.9. The highest BCUT2D eigenvalue weighted by Crippen LogP contribution is 2.17. The Kier molecular flexibility index (Phi) is 5.41. The second-order valence-electron chi connectivity index (χ2n) is 4.57. The second kappa shape index (κ2) is 7.30. The number of halogens is 2. The molecule has 1 amide bonds. The Morgan fingerprint density at radius 1 is 0.913 bits per heavy atom. The molecule has 0 radical (unpaired) electrons. The number of rotatable bonds is 6. The third-order valence-corrected chi connectivity index (χ3v) is 4.44. The van der Waals surface area contributed by atoms with Crippen LogP contribution in [0.1, 0.15) is 10.4 Å². The quantitative estimate of drug-likeness (QED) is 0.786. The van der Waals surface area contributed by atoms with Gasteiger partial charge in [0.2, 0.25) is 10.0 Å². The predicted octanol–water partition coefficient (Wildman–Crippen LogP) is 1.67. The Morgan fingerprint density at radius 2 is 1.52 bits per heavy atom. The van der Waals surface area contributed by atoms with Gasteiger partial charge in [0.1, 0.15) is 11.6 Å². The number of carbonyl (C=O) groups is 1. The molecule has 0 aliphatic carbocycles. The van der Waals surface area contributed by atoms with E-state index < -0.39 is 26.6 Å². The van der Waals surface area contributed by atoms with Crippen LogP contribution in [0, 0.1) is 11.6 Å². The molecule has 0 aliphatic rings. The summed E-state index contributed by atoms with van der Waals surface area (Å²) in [6, 6.07) is 11.1.